The number of nitrogens with zero attached hydrogens (tertiary/aromatic N) is 6. The third kappa shape index (κ3) is 3.64. The number of ether oxygens (including phenoxy) is 1. The molecule has 4 heterocycles. The molecule has 0 aliphatic carbocycles. The van der Waals surface area contributed by atoms with Gasteiger partial charge >= 0.3 is 0 Å². The quantitative estimate of drug-likeness (QED) is 0.413. The fraction of sp³-hybridized carbons (Fsp3) is 0.200. The summed E-state index contributed by atoms with van der Waals surface area (Å²) in [6.45, 7) is 1.24. The monoisotopic (exact) mass is 487 g/mol. The number of halogens is 1. The second kappa shape index (κ2) is 8.28. The highest BCUT2D eigenvalue weighted by atomic mass is 35.5. The molecule has 1 aliphatic rings. The first-order chi connectivity index (χ1) is 17.0. The Morgan fingerprint density at radius 2 is 2.00 bits per heavy atom. The fourth-order valence-corrected chi connectivity index (χ4v) is 4.74. The molecule has 1 N–H and O–H groups in total. The molecule has 6 rings (SSSR count). The van der Waals surface area contributed by atoms with Crippen molar-refractivity contribution < 1.29 is 4.74 Å². The molecule has 0 saturated heterocycles. The van der Waals surface area contributed by atoms with Gasteiger partial charge in [0.2, 0.25) is 5.95 Å². The number of rotatable bonds is 4. The molecule has 1 atom stereocenters. The van der Waals surface area contributed by atoms with E-state index in [0.717, 1.165) is 22.5 Å². The van der Waals surface area contributed by atoms with Crippen LogP contribution in [0.15, 0.2) is 65.7 Å². The first-order valence-electron chi connectivity index (χ1n) is 11.2. The summed E-state index contributed by atoms with van der Waals surface area (Å²) < 4.78 is 7.84. The van der Waals surface area contributed by atoms with Gasteiger partial charge in [-0.15, -0.1) is 0 Å². The molecule has 5 aromatic rings. The van der Waals surface area contributed by atoms with E-state index in [-0.39, 0.29) is 11.7 Å². The second-order valence-corrected chi connectivity index (χ2v) is 9.09. The van der Waals surface area contributed by atoms with Crippen LogP contribution in [0, 0.1) is 0 Å². The molecule has 9 nitrogen and oxygen atoms in total. The number of benzene rings is 2. The number of fused-ring (bicyclic) bond motifs is 4. The normalized spacial score (nSPS) is 15.3. The summed E-state index contributed by atoms with van der Waals surface area (Å²) in [5, 5.41) is 8.89. The molecule has 0 radical (unpaired) electrons. The van der Waals surface area contributed by atoms with E-state index >= 15 is 0 Å². The van der Waals surface area contributed by atoms with Crippen LogP contribution in [0.3, 0.4) is 0 Å². The summed E-state index contributed by atoms with van der Waals surface area (Å²) in [6, 6.07) is 15.1. The molecule has 0 amide bonds. The Morgan fingerprint density at radius 1 is 1.17 bits per heavy atom. The van der Waals surface area contributed by atoms with E-state index in [9.17, 15) is 4.79 Å². The minimum atomic E-state index is -0.188. The second-order valence-electron chi connectivity index (χ2n) is 8.66. The van der Waals surface area contributed by atoms with Crippen LogP contribution in [0.2, 0.25) is 5.02 Å². The molecular weight excluding hydrogens is 466 g/mol. The van der Waals surface area contributed by atoms with E-state index in [1.807, 2.05) is 67.5 Å². The molecule has 10 heteroatoms. The van der Waals surface area contributed by atoms with Crippen LogP contribution in [-0.2, 0) is 0 Å². The number of hydrogen-bond acceptors (Lipinski definition) is 7. The molecule has 0 bridgehead atoms. The Hall–Kier alpha value is -4.11. The van der Waals surface area contributed by atoms with Gasteiger partial charge in [-0.3, -0.25) is 14.5 Å². The molecule has 35 heavy (non-hydrogen) atoms. The zero-order chi connectivity index (χ0) is 24.1. The highest BCUT2D eigenvalue weighted by molar-refractivity contribution is 6.31. The van der Waals surface area contributed by atoms with E-state index in [4.69, 9.17) is 21.3 Å². The predicted molar refractivity (Wildman–Crippen MR) is 137 cm³/mol. The van der Waals surface area contributed by atoms with Gasteiger partial charge in [-0.2, -0.15) is 10.1 Å². The number of hydrogen-bond donors (Lipinski definition) is 1. The van der Waals surface area contributed by atoms with Crippen LogP contribution in [0.1, 0.15) is 0 Å². The van der Waals surface area contributed by atoms with E-state index in [1.165, 1.54) is 0 Å². The largest absolute Gasteiger partial charge is 0.485 e. The number of nitrogens with one attached hydrogen (secondary N) is 1. The number of pyridine rings is 1. The smallest absolute Gasteiger partial charge is 0.267 e. The first kappa shape index (κ1) is 21.4. The number of aromatic amines is 1. The number of anilines is 2. The van der Waals surface area contributed by atoms with Gasteiger partial charge in [0.25, 0.3) is 5.56 Å². The van der Waals surface area contributed by atoms with Crippen molar-refractivity contribution in [3.8, 4) is 11.4 Å². The lowest BCUT2D eigenvalue weighted by molar-refractivity contribution is 0.201. The van der Waals surface area contributed by atoms with E-state index < -0.39 is 0 Å². The van der Waals surface area contributed by atoms with E-state index in [1.54, 1.807) is 17.0 Å². The minimum absolute atomic E-state index is 0.107. The van der Waals surface area contributed by atoms with Gasteiger partial charge in [0, 0.05) is 25.3 Å². The molecule has 0 fully saturated rings. The Morgan fingerprint density at radius 3 is 2.83 bits per heavy atom. The fourth-order valence-electron chi connectivity index (χ4n) is 4.57. The number of para-hydroxylation sites is 1. The maximum atomic E-state index is 13.4. The molecule has 0 spiro atoms. The van der Waals surface area contributed by atoms with Crippen molar-refractivity contribution in [1.82, 2.24) is 24.7 Å². The zero-order valence-corrected chi connectivity index (χ0v) is 19.9. The maximum absolute atomic E-state index is 13.4. The lowest BCUT2D eigenvalue weighted by Crippen LogP contribution is -2.44. The number of aromatic nitrogens is 5. The highest BCUT2D eigenvalue weighted by Crippen LogP contribution is 2.35. The van der Waals surface area contributed by atoms with Crippen molar-refractivity contribution >= 4 is 45.2 Å². The molecule has 3 aromatic heterocycles. The van der Waals surface area contributed by atoms with Gasteiger partial charge < -0.3 is 14.5 Å². The highest BCUT2D eigenvalue weighted by Gasteiger charge is 2.26. The Labute approximate surface area is 205 Å². The number of H-pyrrole nitrogens is 1. The van der Waals surface area contributed by atoms with Gasteiger partial charge in [0.1, 0.15) is 11.9 Å². The average Bonchev–Trinajstić information content (AvgIpc) is 3.36. The molecule has 0 unspecified atom stereocenters. The summed E-state index contributed by atoms with van der Waals surface area (Å²) in [7, 11) is 3.94. The summed E-state index contributed by atoms with van der Waals surface area (Å²) in [5.41, 5.74) is 2.64. The summed E-state index contributed by atoms with van der Waals surface area (Å²) in [5.74, 6) is 1.29. The third-order valence-electron chi connectivity index (χ3n) is 6.25. The molecular formula is C25H22ClN7O2. The lowest BCUT2D eigenvalue weighted by atomic mass is 10.2. The van der Waals surface area contributed by atoms with Crippen molar-refractivity contribution in [3.05, 3.63) is 76.3 Å². The topological polar surface area (TPSA) is 92.2 Å². The van der Waals surface area contributed by atoms with Gasteiger partial charge in [-0.05, 0) is 30.3 Å². The van der Waals surface area contributed by atoms with Crippen LogP contribution >= 0.6 is 11.6 Å². The third-order valence-corrected chi connectivity index (χ3v) is 6.48. The molecule has 2 aromatic carbocycles. The van der Waals surface area contributed by atoms with Gasteiger partial charge in [-0.25, -0.2) is 4.98 Å². The molecule has 176 valence electrons. The van der Waals surface area contributed by atoms with Crippen molar-refractivity contribution in [2.24, 2.45) is 0 Å². The van der Waals surface area contributed by atoms with Gasteiger partial charge in [0.05, 0.1) is 47.0 Å². The van der Waals surface area contributed by atoms with Crippen LogP contribution in [-0.4, -0.2) is 58.0 Å². The van der Waals surface area contributed by atoms with Crippen LogP contribution in [0.5, 0.6) is 5.75 Å². The first-order valence-corrected chi connectivity index (χ1v) is 11.6. The minimum Gasteiger partial charge on any atom is -0.485 e. The van der Waals surface area contributed by atoms with Crippen LogP contribution in [0.25, 0.3) is 27.6 Å². The summed E-state index contributed by atoms with van der Waals surface area (Å²) in [6.07, 6.45) is 3.17. The van der Waals surface area contributed by atoms with Crippen molar-refractivity contribution in [1.29, 1.82) is 0 Å². The predicted octanol–water partition coefficient (Wildman–Crippen LogP) is 3.64. The van der Waals surface area contributed by atoms with Crippen LogP contribution < -0.4 is 20.1 Å². The Balaban J connectivity index is 1.39. The standard InChI is InChI=1S/C25H22ClN7O2/c1-31-13-17(35-21-9-8-15(26)10-20(21)31)14-32(2)25-27-11-18-22-19(12-28-30-22)24(34)33(23(18)29-25)16-6-4-3-5-7-16/h3-12,17H,13-14H2,1-2H3,(H,28,30)/t17-/m1/s1. The van der Waals surface area contributed by atoms with Crippen molar-refractivity contribution in [2.45, 2.75) is 6.10 Å². The van der Waals surface area contributed by atoms with E-state index in [0.29, 0.717) is 40.6 Å². The lowest BCUT2D eigenvalue weighted by Gasteiger charge is -2.35. The van der Waals surface area contributed by atoms with Gasteiger partial charge in [0.15, 0.2) is 5.65 Å². The van der Waals surface area contributed by atoms with Gasteiger partial charge in [-0.1, -0.05) is 29.8 Å². The Bertz CT molecular complexity index is 1620. The van der Waals surface area contributed by atoms with Crippen LogP contribution in [0.4, 0.5) is 11.6 Å². The molecule has 0 saturated carbocycles. The van der Waals surface area contributed by atoms with Crippen molar-refractivity contribution in [2.75, 3.05) is 37.0 Å². The molecule has 1 aliphatic heterocycles. The maximum Gasteiger partial charge on any atom is 0.267 e. The average molecular weight is 488 g/mol. The SMILES string of the molecule is CN(C[C@H]1CN(C)c2cc(Cl)ccc2O1)c1ncc2c3[nH]ncc3c(=O)n(-c3ccccc3)c2n1. The Kier molecular flexibility index (Phi) is 5.07. The zero-order valence-electron chi connectivity index (χ0n) is 19.1. The van der Waals surface area contributed by atoms with E-state index in [2.05, 4.69) is 20.1 Å². The van der Waals surface area contributed by atoms with Crippen molar-refractivity contribution in [3.63, 3.8) is 0 Å². The summed E-state index contributed by atoms with van der Waals surface area (Å²) in [4.78, 5) is 26.9. The summed E-state index contributed by atoms with van der Waals surface area (Å²) >= 11 is 6.15. The number of likely N-dealkylation sites (N-methyl/N-ethyl adjacent to an activating group) is 2.